The maximum atomic E-state index is 12.5. The maximum absolute atomic E-state index is 12.5. The zero-order valence-corrected chi connectivity index (χ0v) is 20.2. The molecule has 0 saturated heterocycles. The van der Waals surface area contributed by atoms with Gasteiger partial charge in [0.15, 0.2) is 0 Å². The normalized spacial score (nSPS) is 11.3. The molecule has 5 rings (SSSR count). The van der Waals surface area contributed by atoms with Gasteiger partial charge in [-0.2, -0.15) is 5.10 Å². The SMILES string of the molecule is CCn1c2ccccc2c2cc(/C=N\NC(=O)c3ccc(NC(=O)c4cccc(C)c4)cc3)ccc21. The molecular formula is C30H26N4O2. The zero-order valence-electron chi connectivity index (χ0n) is 20.2. The van der Waals surface area contributed by atoms with E-state index in [9.17, 15) is 9.59 Å². The fourth-order valence-corrected chi connectivity index (χ4v) is 4.42. The molecule has 0 saturated carbocycles. The summed E-state index contributed by atoms with van der Waals surface area (Å²) in [5, 5.41) is 9.35. The summed E-state index contributed by atoms with van der Waals surface area (Å²) in [4.78, 5) is 25.0. The van der Waals surface area contributed by atoms with Crippen LogP contribution in [0, 0.1) is 6.92 Å². The highest BCUT2D eigenvalue weighted by molar-refractivity contribution is 6.09. The number of nitrogens with zero attached hydrogens (tertiary/aromatic N) is 2. The minimum atomic E-state index is -0.327. The van der Waals surface area contributed by atoms with E-state index in [0.29, 0.717) is 16.8 Å². The van der Waals surface area contributed by atoms with Crippen molar-refractivity contribution in [1.29, 1.82) is 0 Å². The second-order valence-corrected chi connectivity index (χ2v) is 8.64. The minimum absolute atomic E-state index is 0.195. The number of benzene rings is 4. The Morgan fingerprint density at radius 1 is 0.806 bits per heavy atom. The summed E-state index contributed by atoms with van der Waals surface area (Å²) in [5.74, 6) is -0.522. The van der Waals surface area contributed by atoms with E-state index in [0.717, 1.165) is 23.1 Å². The summed E-state index contributed by atoms with van der Waals surface area (Å²) in [5.41, 5.74) is 8.52. The molecule has 2 amide bonds. The average molecular weight is 475 g/mol. The van der Waals surface area contributed by atoms with Gasteiger partial charge in [-0.25, -0.2) is 5.43 Å². The van der Waals surface area contributed by atoms with Gasteiger partial charge >= 0.3 is 0 Å². The highest BCUT2D eigenvalue weighted by atomic mass is 16.2. The molecule has 0 atom stereocenters. The molecule has 0 spiro atoms. The molecule has 0 unspecified atom stereocenters. The lowest BCUT2D eigenvalue weighted by Crippen LogP contribution is -2.18. The summed E-state index contributed by atoms with van der Waals surface area (Å²) in [6.07, 6.45) is 1.64. The molecule has 0 aliphatic heterocycles. The van der Waals surface area contributed by atoms with Crippen LogP contribution in [0.25, 0.3) is 21.8 Å². The number of rotatable bonds is 6. The number of nitrogens with one attached hydrogen (secondary N) is 2. The highest BCUT2D eigenvalue weighted by Crippen LogP contribution is 2.29. The van der Waals surface area contributed by atoms with Gasteiger partial charge in [-0.3, -0.25) is 9.59 Å². The van der Waals surface area contributed by atoms with Crippen molar-refractivity contribution in [2.45, 2.75) is 20.4 Å². The Labute approximate surface area is 209 Å². The number of hydrogen-bond donors (Lipinski definition) is 2. The van der Waals surface area contributed by atoms with Crippen molar-refractivity contribution in [3.63, 3.8) is 0 Å². The molecule has 1 heterocycles. The maximum Gasteiger partial charge on any atom is 0.271 e. The molecule has 1 aromatic heterocycles. The Balaban J connectivity index is 1.25. The number of fused-ring (bicyclic) bond motifs is 3. The number of hydrazone groups is 1. The molecule has 6 nitrogen and oxygen atoms in total. The first-order valence-electron chi connectivity index (χ1n) is 11.9. The third kappa shape index (κ3) is 4.61. The first-order chi connectivity index (χ1) is 17.5. The predicted molar refractivity (Wildman–Crippen MR) is 146 cm³/mol. The van der Waals surface area contributed by atoms with E-state index in [1.165, 1.54) is 16.4 Å². The first kappa shape index (κ1) is 23.1. The lowest BCUT2D eigenvalue weighted by Gasteiger charge is -2.07. The summed E-state index contributed by atoms with van der Waals surface area (Å²) in [7, 11) is 0. The van der Waals surface area contributed by atoms with Gasteiger partial charge in [0.25, 0.3) is 11.8 Å². The van der Waals surface area contributed by atoms with Gasteiger partial charge in [-0.05, 0) is 74.0 Å². The standard InChI is InChI=1S/C30H26N4O2/c1-3-34-27-10-5-4-9-25(27)26-18-21(11-16-28(26)34)19-31-33-30(36)22-12-14-24(15-13-22)32-29(35)23-8-6-7-20(2)17-23/h4-19H,3H2,1-2H3,(H,32,35)(H,33,36)/b31-19-. The summed E-state index contributed by atoms with van der Waals surface area (Å²) >= 11 is 0. The third-order valence-corrected chi connectivity index (χ3v) is 6.18. The number of aryl methyl sites for hydroxylation is 2. The van der Waals surface area contributed by atoms with E-state index in [2.05, 4.69) is 57.7 Å². The molecule has 6 heteroatoms. The second-order valence-electron chi connectivity index (χ2n) is 8.64. The van der Waals surface area contributed by atoms with Crippen LogP contribution >= 0.6 is 0 Å². The van der Waals surface area contributed by atoms with Gasteiger partial charge in [0.2, 0.25) is 0 Å². The van der Waals surface area contributed by atoms with Gasteiger partial charge in [-0.15, -0.1) is 0 Å². The lowest BCUT2D eigenvalue weighted by molar-refractivity contribution is 0.0954. The van der Waals surface area contributed by atoms with Crippen molar-refractivity contribution >= 4 is 45.5 Å². The molecular weight excluding hydrogens is 448 g/mol. The Bertz CT molecular complexity index is 1610. The van der Waals surface area contributed by atoms with E-state index in [4.69, 9.17) is 0 Å². The summed E-state index contributed by atoms with van der Waals surface area (Å²) in [6.45, 7) is 4.97. The lowest BCUT2D eigenvalue weighted by atomic mass is 10.1. The number of carbonyl (C=O) groups excluding carboxylic acids is 2. The van der Waals surface area contributed by atoms with E-state index in [-0.39, 0.29) is 11.8 Å². The largest absolute Gasteiger partial charge is 0.341 e. The number of hydrogen-bond acceptors (Lipinski definition) is 3. The molecule has 5 aromatic rings. The number of carbonyl (C=O) groups is 2. The van der Waals surface area contributed by atoms with Gasteiger partial charge < -0.3 is 9.88 Å². The third-order valence-electron chi connectivity index (χ3n) is 6.18. The van der Waals surface area contributed by atoms with Gasteiger partial charge in [0.1, 0.15) is 0 Å². The fraction of sp³-hybridized carbons (Fsp3) is 0.100. The number of aromatic nitrogens is 1. The zero-order chi connectivity index (χ0) is 25.1. The molecule has 36 heavy (non-hydrogen) atoms. The van der Waals surface area contributed by atoms with Crippen LogP contribution in [0.2, 0.25) is 0 Å². The Kier molecular flexibility index (Phi) is 6.33. The highest BCUT2D eigenvalue weighted by Gasteiger charge is 2.10. The summed E-state index contributed by atoms with van der Waals surface area (Å²) < 4.78 is 2.29. The van der Waals surface area contributed by atoms with Crippen LogP contribution in [-0.4, -0.2) is 22.6 Å². The van der Waals surface area contributed by atoms with Crippen molar-refractivity contribution < 1.29 is 9.59 Å². The van der Waals surface area contributed by atoms with Crippen LogP contribution in [0.1, 0.15) is 38.8 Å². The van der Waals surface area contributed by atoms with Crippen LogP contribution in [0.5, 0.6) is 0 Å². The van der Waals surface area contributed by atoms with Gasteiger partial charge in [0, 0.05) is 45.2 Å². The van der Waals surface area contributed by atoms with Crippen LogP contribution < -0.4 is 10.7 Å². The Morgan fingerprint density at radius 2 is 1.58 bits per heavy atom. The smallest absolute Gasteiger partial charge is 0.271 e. The van der Waals surface area contributed by atoms with Gasteiger partial charge in [0.05, 0.1) is 6.21 Å². The number of amides is 2. The Hall–Kier alpha value is -4.71. The van der Waals surface area contributed by atoms with Gasteiger partial charge in [-0.1, -0.05) is 42.0 Å². The quantitative estimate of drug-likeness (QED) is 0.229. The molecule has 0 aliphatic rings. The second kappa shape index (κ2) is 9.88. The van der Waals surface area contributed by atoms with Crippen LogP contribution in [0.4, 0.5) is 5.69 Å². The van der Waals surface area contributed by atoms with Crippen molar-refractivity contribution in [3.05, 3.63) is 113 Å². The van der Waals surface area contributed by atoms with Crippen molar-refractivity contribution in [3.8, 4) is 0 Å². The monoisotopic (exact) mass is 474 g/mol. The molecule has 0 radical (unpaired) electrons. The average Bonchev–Trinajstić information content (AvgIpc) is 3.22. The number of para-hydroxylation sites is 1. The Morgan fingerprint density at radius 3 is 2.36 bits per heavy atom. The molecule has 178 valence electrons. The minimum Gasteiger partial charge on any atom is -0.341 e. The molecule has 2 N–H and O–H groups in total. The van der Waals surface area contributed by atoms with Crippen LogP contribution in [0.3, 0.4) is 0 Å². The van der Waals surface area contributed by atoms with Crippen molar-refractivity contribution in [1.82, 2.24) is 9.99 Å². The van der Waals surface area contributed by atoms with E-state index in [1.807, 2.05) is 37.3 Å². The van der Waals surface area contributed by atoms with Crippen LogP contribution in [-0.2, 0) is 6.54 Å². The van der Waals surface area contributed by atoms with Crippen LogP contribution in [0.15, 0.2) is 96.1 Å². The predicted octanol–water partition coefficient (Wildman–Crippen LogP) is 6.14. The topological polar surface area (TPSA) is 75.5 Å². The van der Waals surface area contributed by atoms with E-state index < -0.39 is 0 Å². The summed E-state index contributed by atoms with van der Waals surface area (Å²) in [6, 6.07) is 28.6. The van der Waals surface area contributed by atoms with Crippen molar-refractivity contribution in [2.75, 3.05) is 5.32 Å². The molecule has 4 aromatic carbocycles. The first-order valence-corrected chi connectivity index (χ1v) is 11.9. The fourth-order valence-electron chi connectivity index (χ4n) is 4.42. The van der Waals surface area contributed by atoms with E-state index >= 15 is 0 Å². The number of anilines is 1. The van der Waals surface area contributed by atoms with E-state index in [1.54, 1.807) is 36.5 Å². The molecule has 0 fully saturated rings. The molecule has 0 bridgehead atoms. The van der Waals surface area contributed by atoms with Crippen molar-refractivity contribution in [2.24, 2.45) is 5.10 Å². The molecule has 0 aliphatic carbocycles.